The lowest BCUT2D eigenvalue weighted by Crippen LogP contribution is -2.69. The van der Waals surface area contributed by atoms with E-state index in [9.17, 15) is 28.0 Å². The molecule has 2 heterocycles. The topological polar surface area (TPSA) is 104 Å². The van der Waals surface area contributed by atoms with Crippen LogP contribution < -0.4 is 10.6 Å². The maximum atomic E-state index is 14.4. The van der Waals surface area contributed by atoms with Gasteiger partial charge in [0.1, 0.15) is 11.1 Å². The number of nitriles is 1. The van der Waals surface area contributed by atoms with Gasteiger partial charge < -0.3 is 15.4 Å². The molecule has 0 saturated carbocycles. The monoisotopic (exact) mass is 452 g/mol. The number of anilines is 1. The van der Waals surface area contributed by atoms with Crippen LogP contribution in [0.1, 0.15) is 46.1 Å². The highest BCUT2D eigenvalue weighted by molar-refractivity contribution is 7.16. The number of hydrogen-bond donors (Lipinski definition) is 2. The molecule has 2 aromatic rings. The summed E-state index contributed by atoms with van der Waals surface area (Å²) in [5.74, 6) is -2.87. The van der Waals surface area contributed by atoms with Crippen molar-refractivity contribution in [1.82, 2.24) is 10.3 Å². The molecule has 164 valence electrons. The molecule has 1 aliphatic carbocycles. The Morgan fingerprint density at radius 1 is 1.26 bits per heavy atom. The molecule has 11 heteroatoms. The second-order valence-electron chi connectivity index (χ2n) is 6.81. The quantitative estimate of drug-likeness (QED) is 0.513. The van der Waals surface area contributed by atoms with E-state index in [0.717, 1.165) is 29.1 Å². The van der Waals surface area contributed by atoms with Gasteiger partial charge in [-0.1, -0.05) is 0 Å². The Hall–Kier alpha value is -3.13. The number of alkyl halides is 3. The number of nitrogens with zero attached hydrogens (tertiary/aromatic N) is 2. The number of carbonyl (C=O) groups excluding carboxylic acids is 2. The first kappa shape index (κ1) is 22.6. The van der Waals surface area contributed by atoms with E-state index < -0.39 is 23.7 Å². The molecule has 31 heavy (non-hydrogen) atoms. The number of amides is 1. The summed E-state index contributed by atoms with van der Waals surface area (Å²) < 4.78 is 47.8. The van der Waals surface area contributed by atoms with E-state index in [1.807, 2.05) is 6.07 Å². The van der Waals surface area contributed by atoms with Gasteiger partial charge in [-0.25, -0.2) is 4.79 Å². The third-order valence-corrected chi connectivity index (χ3v) is 6.04. The summed E-state index contributed by atoms with van der Waals surface area (Å²) in [4.78, 5) is 29.7. The number of carbonyl (C=O) groups is 2. The predicted octanol–water partition coefficient (Wildman–Crippen LogP) is 3.56. The fourth-order valence-corrected chi connectivity index (χ4v) is 4.61. The number of hydrogen-bond acceptors (Lipinski definition) is 7. The molecule has 1 amide bonds. The van der Waals surface area contributed by atoms with Gasteiger partial charge in [-0.05, 0) is 50.3 Å². The molecule has 3 rings (SSSR count). The van der Waals surface area contributed by atoms with Gasteiger partial charge in [0, 0.05) is 22.8 Å². The van der Waals surface area contributed by atoms with Crippen LogP contribution in [0.5, 0.6) is 0 Å². The molecule has 0 radical (unpaired) electrons. The van der Waals surface area contributed by atoms with Crippen molar-refractivity contribution in [2.45, 2.75) is 44.4 Å². The zero-order valence-corrected chi connectivity index (χ0v) is 17.3. The Morgan fingerprint density at radius 3 is 2.55 bits per heavy atom. The molecule has 1 atom stereocenters. The van der Waals surface area contributed by atoms with Crippen LogP contribution in [0.3, 0.4) is 0 Å². The van der Waals surface area contributed by atoms with Crippen molar-refractivity contribution in [2.75, 3.05) is 11.9 Å². The second kappa shape index (κ2) is 8.93. The van der Waals surface area contributed by atoms with Crippen LogP contribution in [0.2, 0.25) is 0 Å². The number of pyridine rings is 1. The molecule has 7 nitrogen and oxygen atoms in total. The standard InChI is InChI=1S/C20H19F3N4O3S/c1-2-30-18(29)19(20(21,22)23,26-16(28)12-7-9-25-10-8-12)27-17-14(11-24)13-5-3-4-6-15(13)31-17/h7-10,27H,2-6H2,1H3,(H,26,28)/t19-/m0/s1. The van der Waals surface area contributed by atoms with Crippen LogP contribution in [0.25, 0.3) is 0 Å². The average Bonchev–Trinajstić information content (AvgIpc) is 3.09. The van der Waals surface area contributed by atoms with Gasteiger partial charge in [0.15, 0.2) is 0 Å². The van der Waals surface area contributed by atoms with E-state index in [2.05, 4.69) is 10.3 Å². The zero-order chi connectivity index (χ0) is 22.6. The number of aryl methyl sites for hydroxylation is 1. The van der Waals surface area contributed by atoms with Crippen molar-refractivity contribution in [3.63, 3.8) is 0 Å². The van der Waals surface area contributed by atoms with Gasteiger partial charge in [0.25, 0.3) is 5.91 Å². The van der Waals surface area contributed by atoms with Crippen molar-refractivity contribution in [3.8, 4) is 6.07 Å². The summed E-state index contributed by atoms with van der Waals surface area (Å²) in [6.45, 7) is 1.02. The minimum Gasteiger partial charge on any atom is -0.463 e. The third-order valence-electron chi connectivity index (χ3n) is 4.83. The number of ether oxygens (including phenoxy) is 1. The van der Waals surface area contributed by atoms with Crippen molar-refractivity contribution in [1.29, 1.82) is 5.26 Å². The highest BCUT2D eigenvalue weighted by Gasteiger charge is 2.64. The van der Waals surface area contributed by atoms with E-state index >= 15 is 0 Å². The molecular weight excluding hydrogens is 433 g/mol. The minimum atomic E-state index is -5.28. The van der Waals surface area contributed by atoms with E-state index in [4.69, 9.17) is 4.74 Å². The first-order valence-corrected chi connectivity index (χ1v) is 10.3. The van der Waals surface area contributed by atoms with E-state index in [0.29, 0.717) is 18.4 Å². The molecule has 0 aromatic carbocycles. The number of halogens is 3. The van der Waals surface area contributed by atoms with Crippen molar-refractivity contribution < 1.29 is 27.5 Å². The predicted molar refractivity (Wildman–Crippen MR) is 106 cm³/mol. The smallest absolute Gasteiger partial charge is 0.441 e. The molecule has 0 fully saturated rings. The molecule has 1 aliphatic rings. The Balaban J connectivity index is 2.09. The summed E-state index contributed by atoms with van der Waals surface area (Å²) in [7, 11) is 0. The lowest BCUT2D eigenvalue weighted by atomic mass is 9.96. The van der Waals surface area contributed by atoms with Gasteiger partial charge in [-0.2, -0.15) is 18.4 Å². The van der Waals surface area contributed by atoms with Crippen LogP contribution in [0.15, 0.2) is 24.5 Å². The van der Waals surface area contributed by atoms with Gasteiger partial charge in [-0.15, -0.1) is 11.3 Å². The Bertz CT molecular complexity index is 1020. The highest BCUT2D eigenvalue weighted by Crippen LogP contribution is 2.41. The zero-order valence-electron chi connectivity index (χ0n) is 16.5. The number of fused-ring (bicyclic) bond motifs is 1. The minimum absolute atomic E-state index is 0.0517. The fraction of sp³-hybridized carbons (Fsp3) is 0.400. The first-order chi connectivity index (χ1) is 14.7. The summed E-state index contributed by atoms with van der Waals surface area (Å²) in [6.07, 6.45) is 0.0828. The first-order valence-electron chi connectivity index (χ1n) is 9.52. The van der Waals surface area contributed by atoms with Crippen LogP contribution in [0.4, 0.5) is 18.2 Å². The molecule has 0 bridgehead atoms. The van der Waals surface area contributed by atoms with Gasteiger partial charge in [-0.3, -0.25) is 9.78 Å². The average molecular weight is 452 g/mol. The molecule has 0 unspecified atom stereocenters. The summed E-state index contributed by atoms with van der Waals surface area (Å²) in [5.41, 5.74) is -2.97. The van der Waals surface area contributed by atoms with Crippen LogP contribution in [0, 0.1) is 11.3 Å². The molecular formula is C20H19F3N4O3S. The second-order valence-corrected chi connectivity index (χ2v) is 7.92. The lowest BCUT2D eigenvalue weighted by Gasteiger charge is -2.35. The Morgan fingerprint density at radius 2 is 1.94 bits per heavy atom. The van der Waals surface area contributed by atoms with Crippen LogP contribution >= 0.6 is 11.3 Å². The third kappa shape index (κ3) is 4.34. The fourth-order valence-electron chi connectivity index (χ4n) is 3.32. The lowest BCUT2D eigenvalue weighted by molar-refractivity contribution is -0.204. The normalized spacial score (nSPS) is 15.2. The molecule has 2 aromatic heterocycles. The number of nitrogens with one attached hydrogen (secondary N) is 2. The molecule has 0 spiro atoms. The number of thiophene rings is 1. The van der Waals surface area contributed by atoms with Crippen molar-refractivity contribution in [3.05, 3.63) is 46.1 Å². The number of esters is 1. The SMILES string of the molecule is CCOC(=O)[C@](NC(=O)c1ccncc1)(Nc1sc2c(c1C#N)CCCC2)C(F)(F)F. The van der Waals surface area contributed by atoms with Gasteiger partial charge in [0.05, 0.1) is 12.2 Å². The van der Waals surface area contributed by atoms with E-state index in [1.165, 1.54) is 31.5 Å². The number of aromatic nitrogens is 1. The van der Waals surface area contributed by atoms with E-state index in [-0.39, 0.29) is 22.7 Å². The maximum absolute atomic E-state index is 14.4. The Labute approximate surface area is 180 Å². The largest absolute Gasteiger partial charge is 0.463 e. The van der Waals surface area contributed by atoms with Crippen LogP contribution in [-0.2, 0) is 22.4 Å². The molecule has 2 N–H and O–H groups in total. The van der Waals surface area contributed by atoms with Crippen molar-refractivity contribution >= 4 is 28.2 Å². The van der Waals surface area contributed by atoms with Gasteiger partial charge >= 0.3 is 17.8 Å². The van der Waals surface area contributed by atoms with Crippen LogP contribution in [-0.4, -0.2) is 35.3 Å². The maximum Gasteiger partial charge on any atom is 0.441 e. The highest BCUT2D eigenvalue weighted by atomic mass is 32.1. The Kier molecular flexibility index (Phi) is 6.50. The summed E-state index contributed by atoms with van der Waals surface area (Å²) >= 11 is 0.985. The van der Waals surface area contributed by atoms with Crippen molar-refractivity contribution in [2.24, 2.45) is 0 Å². The molecule has 0 saturated heterocycles. The summed E-state index contributed by atoms with van der Waals surface area (Å²) in [6, 6.07) is 4.37. The summed E-state index contributed by atoms with van der Waals surface area (Å²) in [5, 5.41) is 13.4. The number of rotatable bonds is 6. The van der Waals surface area contributed by atoms with Gasteiger partial charge in [0.2, 0.25) is 0 Å². The molecule has 0 aliphatic heterocycles. The van der Waals surface area contributed by atoms with E-state index in [1.54, 1.807) is 5.32 Å².